The van der Waals surface area contributed by atoms with Crippen LogP contribution in [0.15, 0.2) is 18.6 Å². The smallest absolute Gasteiger partial charge is 0.145 e. The van der Waals surface area contributed by atoms with E-state index in [1.54, 1.807) is 23.7 Å². The molecule has 0 aliphatic rings. The molecule has 2 aromatic heterocycles. The van der Waals surface area contributed by atoms with Crippen LogP contribution in [0, 0.1) is 0 Å². The average molecular weight is 293 g/mol. The zero-order valence-electron chi connectivity index (χ0n) is 10.8. The maximum atomic E-state index is 5.47. The van der Waals surface area contributed by atoms with Crippen LogP contribution >= 0.6 is 23.6 Å². The predicted octanol–water partition coefficient (Wildman–Crippen LogP) is 2.30. The van der Waals surface area contributed by atoms with Crippen molar-refractivity contribution in [3.05, 3.63) is 34.2 Å². The summed E-state index contributed by atoms with van der Waals surface area (Å²) < 4.78 is 0. The van der Waals surface area contributed by atoms with Gasteiger partial charge in [0, 0.05) is 11.1 Å². The van der Waals surface area contributed by atoms with Crippen LogP contribution in [0.1, 0.15) is 35.5 Å². The molecule has 0 spiro atoms. The molecule has 0 fully saturated rings. The van der Waals surface area contributed by atoms with Gasteiger partial charge in [0.25, 0.3) is 0 Å². The summed E-state index contributed by atoms with van der Waals surface area (Å²) in [6.07, 6.45) is 6.11. The molecular weight excluding hydrogens is 278 g/mol. The Labute approximate surface area is 121 Å². The number of hydrogen-bond acceptors (Lipinski definition) is 6. The fourth-order valence-electron chi connectivity index (χ4n) is 1.50. The second-order valence-electron chi connectivity index (χ2n) is 4.04. The topological polar surface area (TPSA) is 76.7 Å². The molecule has 0 aliphatic carbocycles. The molecule has 0 aliphatic heterocycles. The van der Waals surface area contributed by atoms with E-state index < -0.39 is 0 Å². The summed E-state index contributed by atoms with van der Waals surface area (Å²) in [5.41, 5.74) is 6.00. The Morgan fingerprint density at radius 2 is 2.16 bits per heavy atom. The van der Waals surface area contributed by atoms with Gasteiger partial charge in [-0.1, -0.05) is 19.1 Å². The molecule has 0 saturated heterocycles. The Morgan fingerprint density at radius 1 is 1.37 bits per heavy atom. The summed E-state index contributed by atoms with van der Waals surface area (Å²) in [7, 11) is 0. The first kappa shape index (κ1) is 13.8. The average Bonchev–Trinajstić information content (AvgIpc) is 2.88. The second kappa shape index (κ2) is 6.03. The Hall–Kier alpha value is -1.60. The summed E-state index contributed by atoms with van der Waals surface area (Å²) >= 11 is 6.54. The quantitative estimate of drug-likeness (QED) is 0.824. The third-order valence-corrected chi connectivity index (χ3v) is 4.09. The number of thiocarbonyl (C=S) groups is 1. The lowest BCUT2D eigenvalue weighted by Crippen LogP contribution is -2.13. The Balaban J connectivity index is 2.05. The van der Waals surface area contributed by atoms with E-state index in [-0.39, 0.29) is 11.0 Å². The van der Waals surface area contributed by atoms with Crippen molar-refractivity contribution in [2.24, 2.45) is 5.73 Å². The van der Waals surface area contributed by atoms with Gasteiger partial charge >= 0.3 is 0 Å². The van der Waals surface area contributed by atoms with Crippen LogP contribution in [0.25, 0.3) is 0 Å². The summed E-state index contributed by atoms with van der Waals surface area (Å²) in [5.74, 6) is 0.681. The van der Waals surface area contributed by atoms with E-state index in [1.165, 1.54) is 4.88 Å². The molecule has 3 N–H and O–H groups in total. The second-order valence-corrected chi connectivity index (χ2v) is 5.62. The molecule has 0 radical (unpaired) electrons. The fraction of sp³-hybridized carbons (Fsp3) is 0.333. The first-order valence-electron chi connectivity index (χ1n) is 5.93. The van der Waals surface area contributed by atoms with Gasteiger partial charge in [-0.3, -0.25) is 0 Å². The molecule has 0 saturated carbocycles. The molecular formula is C12H15N5S2. The molecule has 2 heterocycles. The SMILES string of the molecule is CCc1cnc(C(C)Nc2cnc(C(N)=S)cn2)s1. The van der Waals surface area contributed by atoms with E-state index in [9.17, 15) is 0 Å². The number of aryl methyl sites for hydroxylation is 1. The maximum absolute atomic E-state index is 5.47. The number of anilines is 1. The van der Waals surface area contributed by atoms with Crippen LogP contribution in [0.5, 0.6) is 0 Å². The number of nitrogens with one attached hydrogen (secondary N) is 1. The molecule has 2 rings (SSSR count). The van der Waals surface area contributed by atoms with Crippen molar-refractivity contribution in [3.63, 3.8) is 0 Å². The van der Waals surface area contributed by atoms with Gasteiger partial charge in [-0.2, -0.15) is 0 Å². The summed E-state index contributed by atoms with van der Waals surface area (Å²) in [6.45, 7) is 4.16. The zero-order valence-corrected chi connectivity index (χ0v) is 12.4. The molecule has 2 aromatic rings. The van der Waals surface area contributed by atoms with Crippen molar-refractivity contribution in [1.29, 1.82) is 0 Å². The minimum atomic E-state index is 0.0929. The third kappa shape index (κ3) is 3.45. The van der Waals surface area contributed by atoms with E-state index in [0.717, 1.165) is 11.4 Å². The first-order chi connectivity index (χ1) is 9.10. The van der Waals surface area contributed by atoms with Crippen molar-refractivity contribution in [3.8, 4) is 0 Å². The first-order valence-corrected chi connectivity index (χ1v) is 7.15. The number of hydrogen-bond donors (Lipinski definition) is 2. The minimum absolute atomic E-state index is 0.0929. The lowest BCUT2D eigenvalue weighted by molar-refractivity contribution is 0.857. The van der Waals surface area contributed by atoms with Gasteiger partial charge in [-0.05, 0) is 13.3 Å². The van der Waals surface area contributed by atoms with Gasteiger partial charge in [-0.15, -0.1) is 11.3 Å². The van der Waals surface area contributed by atoms with Gasteiger partial charge in [-0.25, -0.2) is 15.0 Å². The van der Waals surface area contributed by atoms with E-state index in [0.29, 0.717) is 11.5 Å². The van der Waals surface area contributed by atoms with Crippen molar-refractivity contribution >= 4 is 34.4 Å². The lowest BCUT2D eigenvalue weighted by Gasteiger charge is -2.11. The highest BCUT2D eigenvalue weighted by molar-refractivity contribution is 7.80. The maximum Gasteiger partial charge on any atom is 0.145 e. The van der Waals surface area contributed by atoms with Crippen LogP contribution in [0.2, 0.25) is 0 Å². The molecule has 7 heteroatoms. The summed E-state index contributed by atoms with van der Waals surface area (Å²) in [5, 5.41) is 4.29. The highest BCUT2D eigenvalue weighted by Crippen LogP contribution is 2.22. The fourth-order valence-corrected chi connectivity index (χ4v) is 2.46. The predicted molar refractivity (Wildman–Crippen MR) is 81.4 cm³/mol. The molecule has 19 heavy (non-hydrogen) atoms. The Bertz CT molecular complexity index is 564. The standard InChI is InChI=1S/C12H15N5S2/c1-3-8-4-16-12(19-8)7(2)17-10-6-14-9(5-15-10)11(13)18/h4-7H,3H2,1-2H3,(H2,13,18)(H,15,17). The van der Waals surface area contributed by atoms with Gasteiger partial charge < -0.3 is 11.1 Å². The van der Waals surface area contributed by atoms with E-state index in [1.807, 2.05) is 13.1 Å². The van der Waals surface area contributed by atoms with Crippen LogP contribution in [0.3, 0.4) is 0 Å². The largest absolute Gasteiger partial charge is 0.388 e. The van der Waals surface area contributed by atoms with Crippen molar-refractivity contribution in [1.82, 2.24) is 15.0 Å². The van der Waals surface area contributed by atoms with Crippen molar-refractivity contribution in [2.45, 2.75) is 26.3 Å². The summed E-state index contributed by atoms with van der Waals surface area (Å²) in [6, 6.07) is 0.0929. The van der Waals surface area contributed by atoms with Crippen molar-refractivity contribution < 1.29 is 0 Å². The normalized spacial score (nSPS) is 12.1. The highest BCUT2D eigenvalue weighted by Gasteiger charge is 2.11. The summed E-state index contributed by atoms with van der Waals surface area (Å²) in [4.78, 5) is 14.3. The zero-order chi connectivity index (χ0) is 13.8. The highest BCUT2D eigenvalue weighted by atomic mass is 32.1. The van der Waals surface area contributed by atoms with Gasteiger partial charge in [0.15, 0.2) is 0 Å². The molecule has 0 amide bonds. The Morgan fingerprint density at radius 3 is 2.68 bits per heavy atom. The van der Waals surface area contributed by atoms with Crippen LogP contribution < -0.4 is 11.1 Å². The number of thiazole rings is 1. The Kier molecular flexibility index (Phi) is 4.39. The molecule has 5 nitrogen and oxygen atoms in total. The molecule has 0 aromatic carbocycles. The lowest BCUT2D eigenvalue weighted by atomic mass is 10.3. The number of rotatable bonds is 5. The van der Waals surface area contributed by atoms with E-state index in [2.05, 4.69) is 27.2 Å². The molecule has 1 atom stereocenters. The third-order valence-electron chi connectivity index (χ3n) is 2.56. The van der Waals surface area contributed by atoms with Gasteiger partial charge in [0.1, 0.15) is 21.5 Å². The molecule has 100 valence electrons. The molecule has 0 bridgehead atoms. The van der Waals surface area contributed by atoms with Gasteiger partial charge in [0.05, 0.1) is 18.4 Å². The monoisotopic (exact) mass is 293 g/mol. The van der Waals surface area contributed by atoms with E-state index >= 15 is 0 Å². The number of aromatic nitrogens is 3. The van der Waals surface area contributed by atoms with Crippen LogP contribution in [-0.4, -0.2) is 19.9 Å². The van der Waals surface area contributed by atoms with Crippen molar-refractivity contribution in [2.75, 3.05) is 5.32 Å². The van der Waals surface area contributed by atoms with Gasteiger partial charge in [0.2, 0.25) is 0 Å². The van der Waals surface area contributed by atoms with Crippen LogP contribution in [-0.2, 0) is 6.42 Å². The number of nitrogens with zero attached hydrogens (tertiary/aromatic N) is 3. The van der Waals surface area contributed by atoms with E-state index in [4.69, 9.17) is 18.0 Å². The van der Waals surface area contributed by atoms with Crippen LogP contribution in [0.4, 0.5) is 5.82 Å². The number of nitrogens with two attached hydrogens (primary N) is 1. The molecule has 1 unspecified atom stereocenters. The minimum Gasteiger partial charge on any atom is -0.388 e.